The Labute approximate surface area is 190 Å². The predicted octanol–water partition coefficient (Wildman–Crippen LogP) is 2.34. The van der Waals surface area contributed by atoms with Crippen molar-refractivity contribution in [3.8, 4) is 11.5 Å². The fourth-order valence-corrected chi connectivity index (χ4v) is 4.25. The van der Waals surface area contributed by atoms with Crippen LogP contribution in [-0.4, -0.2) is 53.0 Å². The Hall–Kier alpha value is -3.56. The number of fused-ring (bicyclic) bond motifs is 1. The average Bonchev–Trinajstić information content (AvgIpc) is 3.21. The lowest BCUT2D eigenvalue weighted by Gasteiger charge is -2.38. The quantitative estimate of drug-likeness (QED) is 0.485. The number of aryl methyl sites for hydroxylation is 1. The van der Waals surface area contributed by atoms with Gasteiger partial charge >= 0.3 is 0 Å². The molecular weight excluding hydrogens is 420 g/mol. The highest BCUT2D eigenvalue weighted by Gasteiger charge is 2.33. The number of hydrogen-bond acceptors (Lipinski definition) is 7. The van der Waals surface area contributed by atoms with Crippen LogP contribution in [0.2, 0.25) is 0 Å². The molecule has 0 bridgehead atoms. The second kappa shape index (κ2) is 8.76. The van der Waals surface area contributed by atoms with E-state index in [-0.39, 0.29) is 12.1 Å². The lowest BCUT2D eigenvalue weighted by atomic mass is 9.91. The van der Waals surface area contributed by atoms with Crippen molar-refractivity contribution >= 4 is 11.0 Å². The minimum Gasteiger partial charge on any atom is -0.456 e. The molecule has 0 amide bonds. The van der Waals surface area contributed by atoms with Crippen molar-refractivity contribution in [2.75, 3.05) is 13.1 Å². The molecule has 1 aliphatic rings. The number of benzene rings is 1. The molecule has 4 heterocycles. The molecule has 5 rings (SSSR count). The molecule has 0 radical (unpaired) electrons. The number of pyridine rings is 1. The summed E-state index contributed by atoms with van der Waals surface area (Å²) in [6.07, 6.45) is 7.61. The van der Waals surface area contributed by atoms with E-state index in [2.05, 4.69) is 32.1 Å². The highest BCUT2D eigenvalue weighted by Crippen LogP contribution is 2.26. The number of aromatic nitrogens is 5. The number of aliphatic hydroxyl groups is 1. The third-order valence-electron chi connectivity index (χ3n) is 6.17. The van der Waals surface area contributed by atoms with Crippen molar-refractivity contribution in [3.05, 3.63) is 77.2 Å². The Morgan fingerprint density at radius 1 is 1.09 bits per heavy atom. The van der Waals surface area contributed by atoms with Crippen LogP contribution in [-0.2, 0) is 20.1 Å². The van der Waals surface area contributed by atoms with Crippen LogP contribution in [0.25, 0.3) is 11.0 Å². The van der Waals surface area contributed by atoms with Crippen LogP contribution in [0.4, 0.5) is 0 Å². The van der Waals surface area contributed by atoms with Gasteiger partial charge in [-0.1, -0.05) is 12.1 Å². The maximum atomic E-state index is 12.7. The van der Waals surface area contributed by atoms with Gasteiger partial charge in [0.05, 0.1) is 24.5 Å². The molecule has 3 aromatic heterocycles. The van der Waals surface area contributed by atoms with Crippen LogP contribution in [0.5, 0.6) is 11.5 Å². The summed E-state index contributed by atoms with van der Waals surface area (Å²) < 4.78 is 8.87. The van der Waals surface area contributed by atoms with Gasteiger partial charge in [0.15, 0.2) is 5.65 Å². The normalized spacial score (nSPS) is 16.2. The van der Waals surface area contributed by atoms with Gasteiger partial charge in [0, 0.05) is 32.9 Å². The molecule has 1 aliphatic heterocycles. The number of nitrogens with zero attached hydrogens (tertiary/aromatic N) is 6. The first-order chi connectivity index (χ1) is 16.0. The fraction of sp³-hybridized carbons (Fsp3) is 0.333. The number of rotatable bonds is 6. The van der Waals surface area contributed by atoms with Gasteiger partial charge in [0.1, 0.15) is 23.2 Å². The zero-order valence-corrected chi connectivity index (χ0v) is 18.5. The predicted molar refractivity (Wildman–Crippen MR) is 123 cm³/mol. The van der Waals surface area contributed by atoms with E-state index in [0.717, 1.165) is 25.4 Å². The Balaban J connectivity index is 1.18. The minimum atomic E-state index is -0.931. The zero-order chi connectivity index (χ0) is 22.8. The first-order valence-corrected chi connectivity index (χ1v) is 11.0. The van der Waals surface area contributed by atoms with E-state index in [1.54, 1.807) is 24.1 Å². The summed E-state index contributed by atoms with van der Waals surface area (Å²) in [4.78, 5) is 23.4. The molecule has 33 heavy (non-hydrogen) atoms. The first kappa shape index (κ1) is 21.3. The largest absolute Gasteiger partial charge is 0.456 e. The fourth-order valence-electron chi connectivity index (χ4n) is 4.25. The van der Waals surface area contributed by atoms with Crippen molar-refractivity contribution in [2.45, 2.75) is 31.5 Å². The van der Waals surface area contributed by atoms with E-state index in [1.165, 1.54) is 22.7 Å². The van der Waals surface area contributed by atoms with Crippen molar-refractivity contribution < 1.29 is 9.84 Å². The second-order valence-corrected chi connectivity index (χ2v) is 8.62. The maximum Gasteiger partial charge on any atom is 0.264 e. The molecule has 1 fully saturated rings. The van der Waals surface area contributed by atoms with Gasteiger partial charge in [-0.05, 0) is 42.7 Å². The number of hydrogen-bond donors (Lipinski definition) is 1. The molecule has 0 aliphatic carbocycles. The van der Waals surface area contributed by atoms with Gasteiger partial charge in [0.2, 0.25) is 0 Å². The summed E-state index contributed by atoms with van der Waals surface area (Å²) in [5.74, 6) is 1.47. The van der Waals surface area contributed by atoms with Crippen LogP contribution in [0.15, 0.2) is 66.1 Å². The first-order valence-electron chi connectivity index (χ1n) is 11.0. The highest BCUT2D eigenvalue weighted by molar-refractivity contribution is 5.72. The zero-order valence-electron chi connectivity index (χ0n) is 18.5. The smallest absolute Gasteiger partial charge is 0.264 e. The van der Waals surface area contributed by atoms with Gasteiger partial charge in [-0.25, -0.2) is 4.98 Å². The SMILES string of the molecule is Cn1ncc2c(=O)n(CC3(O)CCN(Cc4ccc(Oc5cccnc5)cc4)CC3)cnc21. The number of piperidine rings is 1. The molecule has 0 atom stereocenters. The standard InChI is InChI=1S/C24H26N6O3/c1-28-22-21(14-27-28)23(31)30(17-26-22)16-24(32)8-11-29(12-9-24)15-18-4-6-19(7-5-18)33-20-3-2-10-25-13-20/h2-7,10,13-14,17,32H,8-9,11-12,15-16H2,1H3. The number of ether oxygens (including phenoxy) is 1. The monoisotopic (exact) mass is 446 g/mol. The van der Waals surface area contributed by atoms with Crippen molar-refractivity contribution in [1.82, 2.24) is 29.2 Å². The molecule has 0 unspecified atom stereocenters. The van der Waals surface area contributed by atoms with Gasteiger partial charge in [0.25, 0.3) is 5.56 Å². The second-order valence-electron chi connectivity index (χ2n) is 8.62. The molecule has 1 saturated heterocycles. The molecule has 4 aromatic rings. The van der Waals surface area contributed by atoms with Crippen LogP contribution in [0.3, 0.4) is 0 Å². The summed E-state index contributed by atoms with van der Waals surface area (Å²) in [5, 5.41) is 15.7. The van der Waals surface area contributed by atoms with Crippen LogP contribution >= 0.6 is 0 Å². The summed E-state index contributed by atoms with van der Waals surface area (Å²) >= 11 is 0. The third-order valence-corrected chi connectivity index (χ3v) is 6.17. The molecule has 1 aromatic carbocycles. The Morgan fingerprint density at radius 2 is 1.88 bits per heavy atom. The van der Waals surface area contributed by atoms with Crippen LogP contribution < -0.4 is 10.3 Å². The van der Waals surface area contributed by atoms with Crippen molar-refractivity contribution in [3.63, 3.8) is 0 Å². The van der Waals surface area contributed by atoms with Crippen molar-refractivity contribution in [1.29, 1.82) is 0 Å². The number of likely N-dealkylation sites (tertiary alicyclic amines) is 1. The van der Waals surface area contributed by atoms with Crippen LogP contribution in [0.1, 0.15) is 18.4 Å². The van der Waals surface area contributed by atoms with E-state index >= 15 is 0 Å². The van der Waals surface area contributed by atoms with Crippen molar-refractivity contribution in [2.24, 2.45) is 7.05 Å². The van der Waals surface area contributed by atoms with Gasteiger partial charge in [-0.3, -0.25) is 23.9 Å². The summed E-state index contributed by atoms with van der Waals surface area (Å²) in [5.41, 5.74) is 0.633. The molecule has 1 N–H and O–H groups in total. The van der Waals surface area contributed by atoms with Crippen LogP contribution in [0, 0.1) is 0 Å². The topological polar surface area (TPSA) is 98.3 Å². The third kappa shape index (κ3) is 4.64. The molecule has 170 valence electrons. The van der Waals surface area contributed by atoms with E-state index in [9.17, 15) is 9.90 Å². The van der Waals surface area contributed by atoms with E-state index < -0.39 is 5.60 Å². The Bertz CT molecular complexity index is 1290. The Morgan fingerprint density at radius 3 is 2.61 bits per heavy atom. The van der Waals surface area contributed by atoms with E-state index in [4.69, 9.17) is 4.74 Å². The molecular formula is C24H26N6O3. The van der Waals surface area contributed by atoms with Gasteiger partial charge in [-0.2, -0.15) is 5.10 Å². The summed E-state index contributed by atoms with van der Waals surface area (Å²) in [7, 11) is 1.75. The maximum absolute atomic E-state index is 12.7. The molecule has 9 nitrogen and oxygen atoms in total. The molecule has 0 saturated carbocycles. The lowest BCUT2D eigenvalue weighted by molar-refractivity contribution is -0.0364. The Kier molecular flexibility index (Phi) is 5.65. The summed E-state index contributed by atoms with van der Waals surface area (Å²) in [6, 6.07) is 11.7. The van der Waals surface area contributed by atoms with Gasteiger partial charge < -0.3 is 9.84 Å². The van der Waals surface area contributed by atoms with Gasteiger partial charge in [-0.15, -0.1) is 0 Å². The van der Waals surface area contributed by atoms with E-state index in [0.29, 0.717) is 29.6 Å². The van der Waals surface area contributed by atoms with E-state index in [1.807, 2.05) is 24.3 Å². The lowest BCUT2D eigenvalue weighted by Crippen LogP contribution is -2.47. The minimum absolute atomic E-state index is 0.169. The molecule has 9 heteroatoms. The highest BCUT2D eigenvalue weighted by atomic mass is 16.5. The average molecular weight is 447 g/mol. The molecule has 0 spiro atoms. The summed E-state index contributed by atoms with van der Waals surface area (Å²) in [6.45, 7) is 2.54.